The lowest BCUT2D eigenvalue weighted by molar-refractivity contribution is -0.141. The van der Waals surface area contributed by atoms with Crippen LogP contribution in [0.5, 0.6) is 5.88 Å². The summed E-state index contributed by atoms with van der Waals surface area (Å²) in [5, 5.41) is 0. The number of benzene rings is 1. The average Bonchev–Trinajstić information content (AvgIpc) is 2.53. The maximum absolute atomic E-state index is 12.7. The van der Waals surface area contributed by atoms with Crippen molar-refractivity contribution < 1.29 is 9.53 Å². The van der Waals surface area contributed by atoms with Gasteiger partial charge in [0.1, 0.15) is 6.10 Å². The quantitative estimate of drug-likeness (QED) is 0.802. The first kappa shape index (κ1) is 16.0. The lowest BCUT2D eigenvalue weighted by Crippen LogP contribution is -2.57. The molecular formula is C18H19BrN2O2. The highest BCUT2D eigenvalue weighted by Gasteiger charge is 2.36. The third-order valence-electron chi connectivity index (χ3n) is 4.07. The molecule has 1 unspecified atom stereocenters. The van der Waals surface area contributed by atoms with E-state index in [-0.39, 0.29) is 17.9 Å². The van der Waals surface area contributed by atoms with Gasteiger partial charge in [-0.3, -0.25) is 4.79 Å². The molecule has 120 valence electrons. The minimum absolute atomic E-state index is 0.0124. The number of hydrogen-bond acceptors (Lipinski definition) is 3. The highest BCUT2D eigenvalue weighted by atomic mass is 79.9. The Hall–Kier alpha value is -1.88. The molecular weight excluding hydrogens is 356 g/mol. The summed E-state index contributed by atoms with van der Waals surface area (Å²) in [5.41, 5.74) is 1.08. The van der Waals surface area contributed by atoms with Crippen LogP contribution in [-0.2, 0) is 4.79 Å². The van der Waals surface area contributed by atoms with Crippen LogP contribution in [0.3, 0.4) is 0 Å². The summed E-state index contributed by atoms with van der Waals surface area (Å²) in [5.74, 6) is 0.692. The molecule has 0 bridgehead atoms. The van der Waals surface area contributed by atoms with Crippen LogP contribution in [0.25, 0.3) is 0 Å². The summed E-state index contributed by atoms with van der Waals surface area (Å²) in [6.45, 7) is 3.28. The molecule has 0 N–H and O–H groups in total. The Kier molecular flexibility index (Phi) is 4.96. The summed E-state index contributed by atoms with van der Waals surface area (Å²) in [7, 11) is 0. The Labute approximate surface area is 144 Å². The van der Waals surface area contributed by atoms with Crippen molar-refractivity contribution in [2.75, 3.05) is 13.1 Å². The van der Waals surface area contributed by atoms with Crippen molar-refractivity contribution in [2.45, 2.75) is 25.4 Å². The van der Waals surface area contributed by atoms with Crippen LogP contribution in [0.15, 0.2) is 53.1 Å². The van der Waals surface area contributed by atoms with E-state index in [2.05, 4.69) is 20.9 Å². The number of ether oxygens (including phenoxy) is 1. The molecule has 0 aliphatic carbocycles. The summed E-state index contributed by atoms with van der Waals surface area (Å²) < 4.78 is 6.66. The second-order valence-corrected chi connectivity index (χ2v) is 6.50. The molecule has 0 radical (unpaired) electrons. The molecule has 1 aliphatic rings. The van der Waals surface area contributed by atoms with E-state index in [9.17, 15) is 4.79 Å². The number of rotatable bonds is 5. The predicted molar refractivity (Wildman–Crippen MR) is 92.4 cm³/mol. The summed E-state index contributed by atoms with van der Waals surface area (Å²) >= 11 is 3.42. The minimum Gasteiger partial charge on any atom is -0.470 e. The van der Waals surface area contributed by atoms with Gasteiger partial charge in [-0.05, 0) is 40.0 Å². The standard InChI is InChI=1S/C18H19BrN2O2/c1-2-15(13-7-4-3-5-8-13)18(22)21-11-14(12-21)23-17-16(19)9-6-10-20-17/h3-10,14-15H,2,11-12H2,1H3. The highest BCUT2D eigenvalue weighted by molar-refractivity contribution is 9.10. The molecule has 3 rings (SSSR count). The number of carbonyl (C=O) groups excluding carboxylic acids is 1. The van der Waals surface area contributed by atoms with Crippen LogP contribution in [0, 0.1) is 0 Å². The smallest absolute Gasteiger partial charge is 0.230 e. The van der Waals surface area contributed by atoms with E-state index in [0.717, 1.165) is 16.5 Å². The van der Waals surface area contributed by atoms with Gasteiger partial charge in [0.15, 0.2) is 0 Å². The Morgan fingerprint density at radius 3 is 2.70 bits per heavy atom. The SMILES string of the molecule is CCC(C(=O)N1CC(Oc2ncccc2Br)C1)c1ccccc1. The number of carbonyl (C=O) groups is 1. The maximum atomic E-state index is 12.7. The number of nitrogens with zero attached hydrogens (tertiary/aromatic N) is 2. The van der Waals surface area contributed by atoms with Gasteiger partial charge >= 0.3 is 0 Å². The van der Waals surface area contributed by atoms with E-state index in [1.165, 1.54) is 0 Å². The topological polar surface area (TPSA) is 42.4 Å². The number of likely N-dealkylation sites (tertiary alicyclic amines) is 1. The zero-order chi connectivity index (χ0) is 16.2. The molecule has 0 spiro atoms. The molecule has 1 atom stereocenters. The lowest BCUT2D eigenvalue weighted by atomic mass is 9.93. The van der Waals surface area contributed by atoms with Gasteiger partial charge in [0.05, 0.1) is 23.5 Å². The van der Waals surface area contributed by atoms with Crippen molar-refractivity contribution in [1.29, 1.82) is 0 Å². The minimum atomic E-state index is -0.0706. The fourth-order valence-electron chi connectivity index (χ4n) is 2.77. The molecule has 1 saturated heterocycles. The monoisotopic (exact) mass is 374 g/mol. The fourth-order valence-corrected chi connectivity index (χ4v) is 3.12. The lowest BCUT2D eigenvalue weighted by Gasteiger charge is -2.40. The third kappa shape index (κ3) is 3.55. The molecule has 1 aromatic carbocycles. The third-order valence-corrected chi connectivity index (χ3v) is 4.67. The van der Waals surface area contributed by atoms with E-state index in [4.69, 9.17) is 4.74 Å². The number of amides is 1. The number of hydrogen-bond donors (Lipinski definition) is 0. The predicted octanol–water partition coefficient (Wildman–Crippen LogP) is 3.63. The first-order valence-electron chi connectivity index (χ1n) is 7.80. The van der Waals surface area contributed by atoms with Crippen LogP contribution in [-0.4, -0.2) is 35.0 Å². The molecule has 5 heteroatoms. The Morgan fingerprint density at radius 2 is 2.04 bits per heavy atom. The number of aromatic nitrogens is 1. The molecule has 23 heavy (non-hydrogen) atoms. The molecule has 2 aromatic rings. The first-order valence-corrected chi connectivity index (χ1v) is 8.59. The van der Waals surface area contributed by atoms with Gasteiger partial charge in [0.25, 0.3) is 0 Å². The second kappa shape index (κ2) is 7.13. The number of pyridine rings is 1. The van der Waals surface area contributed by atoms with Crippen molar-refractivity contribution in [3.8, 4) is 5.88 Å². The van der Waals surface area contributed by atoms with Gasteiger partial charge < -0.3 is 9.64 Å². The van der Waals surface area contributed by atoms with Gasteiger partial charge in [-0.25, -0.2) is 4.98 Å². The van der Waals surface area contributed by atoms with Gasteiger partial charge in [-0.1, -0.05) is 37.3 Å². The van der Waals surface area contributed by atoms with Gasteiger partial charge in [0.2, 0.25) is 11.8 Å². The van der Waals surface area contributed by atoms with Crippen LogP contribution in [0.2, 0.25) is 0 Å². The van der Waals surface area contributed by atoms with Crippen molar-refractivity contribution in [2.24, 2.45) is 0 Å². The summed E-state index contributed by atoms with van der Waals surface area (Å²) in [4.78, 5) is 18.7. The Balaban J connectivity index is 1.58. The zero-order valence-corrected chi connectivity index (χ0v) is 14.6. The van der Waals surface area contributed by atoms with Crippen LogP contribution in [0.4, 0.5) is 0 Å². The highest BCUT2D eigenvalue weighted by Crippen LogP contribution is 2.28. The molecule has 1 aliphatic heterocycles. The normalized spacial score (nSPS) is 15.8. The van der Waals surface area contributed by atoms with Gasteiger partial charge in [-0.2, -0.15) is 0 Å². The molecule has 1 fully saturated rings. The van der Waals surface area contributed by atoms with Crippen molar-refractivity contribution in [3.63, 3.8) is 0 Å². The molecule has 0 saturated carbocycles. The van der Waals surface area contributed by atoms with Gasteiger partial charge in [-0.15, -0.1) is 0 Å². The van der Waals surface area contributed by atoms with E-state index >= 15 is 0 Å². The van der Waals surface area contributed by atoms with Gasteiger partial charge in [0, 0.05) is 6.20 Å². The zero-order valence-electron chi connectivity index (χ0n) is 13.0. The molecule has 2 heterocycles. The van der Waals surface area contributed by atoms with Crippen LogP contribution >= 0.6 is 15.9 Å². The maximum Gasteiger partial charge on any atom is 0.230 e. The summed E-state index contributed by atoms with van der Waals surface area (Å²) in [6.07, 6.45) is 2.51. The van der Waals surface area contributed by atoms with Crippen LogP contribution in [0.1, 0.15) is 24.8 Å². The van der Waals surface area contributed by atoms with E-state index in [0.29, 0.717) is 19.0 Å². The van der Waals surface area contributed by atoms with E-state index < -0.39 is 0 Å². The first-order chi connectivity index (χ1) is 11.2. The van der Waals surface area contributed by atoms with Crippen LogP contribution < -0.4 is 4.74 Å². The Morgan fingerprint density at radius 1 is 1.30 bits per heavy atom. The average molecular weight is 375 g/mol. The summed E-state index contributed by atoms with van der Waals surface area (Å²) in [6, 6.07) is 13.7. The van der Waals surface area contributed by atoms with Crippen molar-refractivity contribution in [3.05, 3.63) is 58.7 Å². The Bertz CT molecular complexity index is 672. The number of halogens is 1. The molecule has 1 aromatic heterocycles. The van der Waals surface area contributed by atoms with E-state index in [1.807, 2.05) is 54.3 Å². The largest absolute Gasteiger partial charge is 0.470 e. The molecule has 4 nitrogen and oxygen atoms in total. The van der Waals surface area contributed by atoms with Crippen molar-refractivity contribution in [1.82, 2.24) is 9.88 Å². The van der Waals surface area contributed by atoms with E-state index in [1.54, 1.807) is 6.20 Å². The molecule has 1 amide bonds. The van der Waals surface area contributed by atoms with Crippen molar-refractivity contribution >= 4 is 21.8 Å². The fraction of sp³-hybridized carbons (Fsp3) is 0.333. The second-order valence-electron chi connectivity index (χ2n) is 5.64.